The summed E-state index contributed by atoms with van der Waals surface area (Å²) in [5, 5.41) is 17.0. The van der Waals surface area contributed by atoms with Gasteiger partial charge in [0.15, 0.2) is 0 Å². The topological polar surface area (TPSA) is 74.6 Å². The number of unbranched alkanes of at least 4 members (excludes halogenated alkanes) is 3. The second-order valence-electron chi connectivity index (χ2n) is 7.10. The van der Waals surface area contributed by atoms with Crippen molar-refractivity contribution in [3.63, 3.8) is 0 Å². The predicted molar refractivity (Wildman–Crippen MR) is 91.1 cm³/mol. The van der Waals surface area contributed by atoms with Crippen molar-refractivity contribution in [1.82, 2.24) is 0 Å². The van der Waals surface area contributed by atoms with Crippen LogP contribution < -0.4 is 0 Å². The molecule has 0 saturated carbocycles. The molecule has 2 N–H and O–H groups in total. The van der Waals surface area contributed by atoms with E-state index >= 15 is 0 Å². The first-order chi connectivity index (χ1) is 10.1. The first kappa shape index (κ1) is 27.3. The number of rotatable bonds is 10. The van der Waals surface area contributed by atoms with E-state index in [4.69, 9.17) is 10.2 Å². The second-order valence-corrected chi connectivity index (χ2v) is 7.10. The Bertz CT molecular complexity index is 298. The van der Waals surface area contributed by atoms with Gasteiger partial charge >= 0.3 is 11.9 Å². The van der Waals surface area contributed by atoms with Crippen LogP contribution >= 0.6 is 0 Å². The van der Waals surface area contributed by atoms with Crippen LogP contribution in [0.5, 0.6) is 0 Å². The summed E-state index contributed by atoms with van der Waals surface area (Å²) in [6.07, 6.45) is 8.24. The standard InChI is InChI=1S/C10H20O2.C8H16O2.Ni/c1-10(2,3)8-6-4-5-7-9(11)12;1-3-5-6-7(4-2)8(9)10;/h4-8H2,1-3H3,(H,11,12);7H,3-6H2,1-2H3,(H,9,10);. The normalized spacial score (nSPS) is 11.7. The minimum absolute atomic E-state index is 0. The third kappa shape index (κ3) is 23.8. The third-order valence-corrected chi connectivity index (χ3v) is 3.57. The Labute approximate surface area is 152 Å². The minimum Gasteiger partial charge on any atom is -0.481 e. The molecule has 0 aromatic carbocycles. The van der Waals surface area contributed by atoms with Gasteiger partial charge < -0.3 is 10.2 Å². The van der Waals surface area contributed by atoms with Crippen molar-refractivity contribution in [3.05, 3.63) is 0 Å². The second kappa shape index (κ2) is 16.3. The molecular weight excluding hydrogens is 339 g/mol. The van der Waals surface area contributed by atoms with Gasteiger partial charge in [0.1, 0.15) is 0 Å². The number of aliphatic carboxylic acids is 2. The van der Waals surface area contributed by atoms with Crippen LogP contribution in [0.1, 0.15) is 92.4 Å². The summed E-state index contributed by atoms with van der Waals surface area (Å²) < 4.78 is 0. The molecule has 0 aliphatic heterocycles. The van der Waals surface area contributed by atoms with Gasteiger partial charge in [0.25, 0.3) is 0 Å². The first-order valence-corrected chi connectivity index (χ1v) is 8.58. The van der Waals surface area contributed by atoms with E-state index in [1.807, 2.05) is 6.92 Å². The Morgan fingerprint density at radius 1 is 0.957 bits per heavy atom. The van der Waals surface area contributed by atoms with E-state index in [1.54, 1.807) is 0 Å². The average molecular weight is 375 g/mol. The number of carbonyl (C=O) groups is 2. The van der Waals surface area contributed by atoms with Gasteiger partial charge in [-0.15, -0.1) is 0 Å². The van der Waals surface area contributed by atoms with E-state index in [1.165, 1.54) is 6.42 Å². The monoisotopic (exact) mass is 374 g/mol. The molecule has 0 spiro atoms. The summed E-state index contributed by atoms with van der Waals surface area (Å²) >= 11 is 0. The molecule has 0 aromatic heterocycles. The molecule has 0 aliphatic rings. The Morgan fingerprint density at radius 2 is 1.52 bits per heavy atom. The summed E-state index contributed by atoms with van der Waals surface area (Å²) in [5.41, 5.74) is 0.392. The Kier molecular flexibility index (Phi) is 19.3. The maximum Gasteiger partial charge on any atom is 0.306 e. The molecule has 1 unspecified atom stereocenters. The third-order valence-electron chi connectivity index (χ3n) is 3.57. The largest absolute Gasteiger partial charge is 0.481 e. The summed E-state index contributed by atoms with van der Waals surface area (Å²) in [5.74, 6) is -1.43. The van der Waals surface area contributed by atoms with Crippen LogP contribution in [0.15, 0.2) is 0 Å². The Hall–Kier alpha value is -0.566. The molecule has 0 fully saturated rings. The van der Waals surface area contributed by atoms with Crippen molar-refractivity contribution in [2.45, 2.75) is 92.4 Å². The molecular formula is C18H36NiO4. The average Bonchev–Trinajstić information content (AvgIpc) is 2.38. The number of hydrogen-bond donors (Lipinski definition) is 2. The van der Waals surface area contributed by atoms with Gasteiger partial charge in [0.2, 0.25) is 0 Å². The molecule has 0 radical (unpaired) electrons. The maximum absolute atomic E-state index is 10.4. The molecule has 0 aromatic rings. The fourth-order valence-electron chi connectivity index (χ4n) is 2.06. The van der Waals surface area contributed by atoms with Gasteiger partial charge in [0.05, 0.1) is 5.92 Å². The van der Waals surface area contributed by atoms with Gasteiger partial charge in [-0.25, -0.2) is 0 Å². The summed E-state index contributed by atoms with van der Waals surface area (Å²) in [7, 11) is 0. The van der Waals surface area contributed by atoms with Gasteiger partial charge in [0, 0.05) is 22.9 Å². The fourth-order valence-corrected chi connectivity index (χ4v) is 2.06. The van der Waals surface area contributed by atoms with Crippen molar-refractivity contribution in [3.8, 4) is 0 Å². The predicted octanol–water partition coefficient (Wildman–Crippen LogP) is 5.35. The Morgan fingerprint density at radius 3 is 1.87 bits per heavy atom. The van der Waals surface area contributed by atoms with Crippen molar-refractivity contribution in [1.29, 1.82) is 0 Å². The van der Waals surface area contributed by atoms with Gasteiger partial charge in [-0.05, 0) is 31.1 Å². The van der Waals surface area contributed by atoms with E-state index in [-0.39, 0.29) is 22.4 Å². The molecule has 142 valence electrons. The molecule has 0 heterocycles. The van der Waals surface area contributed by atoms with Crippen LogP contribution in [-0.2, 0) is 26.1 Å². The van der Waals surface area contributed by atoms with E-state index in [2.05, 4.69) is 27.7 Å². The van der Waals surface area contributed by atoms with Crippen molar-refractivity contribution >= 4 is 11.9 Å². The maximum atomic E-state index is 10.4. The van der Waals surface area contributed by atoms with E-state index in [9.17, 15) is 9.59 Å². The van der Waals surface area contributed by atoms with Gasteiger partial charge in [-0.3, -0.25) is 9.59 Å². The minimum atomic E-state index is -0.675. The molecule has 0 amide bonds. The Balaban J connectivity index is -0.000000338. The number of hydrogen-bond acceptors (Lipinski definition) is 2. The summed E-state index contributed by atoms with van der Waals surface area (Å²) in [4.78, 5) is 20.6. The zero-order valence-corrected chi connectivity index (χ0v) is 16.5. The molecule has 4 nitrogen and oxygen atoms in total. The summed E-state index contributed by atoms with van der Waals surface area (Å²) in [6.45, 7) is 10.6. The van der Waals surface area contributed by atoms with Crippen molar-refractivity contribution in [2.75, 3.05) is 0 Å². The van der Waals surface area contributed by atoms with Crippen LogP contribution in [0.2, 0.25) is 0 Å². The van der Waals surface area contributed by atoms with E-state index < -0.39 is 11.9 Å². The van der Waals surface area contributed by atoms with Crippen LogP contribution in [0.4, 0.5) is 0 Å². The molecule has 5 heteroatoms. The van der Waals surface area contributed by atoms with Crippen molar-refractivity contribution in [2.24, 2.45) is 11.3 Å². The molecule has 0 bridgehead atoms. The molecule has 23 heavy (non-hydrogen) atoms. The molecule has 0 saturated heterocycles. The zero-order valence-electron chi connectivity index (χ0n) is 15.5. The van der Waals surface area contributed by atoms with Crippen LogP contribution in [0.3, 0.4) is 0 Å². The van der Waals surface area contributed by atoms with E-state index in [0.717, 1.165) is 44.9 Å². The van der Waals surface area contributed by atoms with E-state index in [0.29, 0.717) is 11.8 Å². The molecule has 0 aliphatic carbocycles. The van der Waals surface area contributed by atoms with Gasteiger partial charge in [-0.1, -0.05) is 60.3 Å². The fraction of sp³-hybridized carbons (Fsp3) is 0.889. The molecule has 1 atom stereocenters. The van der Waals surface area contributed by atoms with Gasteiger partial charge in [-0.2, -0.15) is 0 Å². The van der Waals surface area contributed by atoms with Crippen LogP contribution in [-0.4, -0.2) is 22.2 Å². The number of carboxylic acid groups (broad SMARTS) is 2. The van der Waals surface area contributed by atoms with Crippen LogP contribution in [0.25, 0.3) is 0 Å². The smallest absolute Gasteiger partial charge is 0.306 e. The summed E-state index contributed by atoms with van der Waals surface area (Å²) in [6, 6.07) is 0. The van der Waals surface area contributed by atoms with Crippen LogP contribution in [0, 0.1) is 11.3 Å². The SMILES string of the molecule is CC(C)(C)CCCCCC(=O)O.CCCCC(CC)C(=O)O.[Ni]. The van der Waals surface area contributed by atoms with Crippen molar-refractivity contribution < 1.29 is 36.3 Å². The number of carboxylic acids is 2. The first-order valence-electron chi connectivity index (χ1n) is 8.58. The zero-order chi connectivity index (χ0) is 17.6. The quantitative estimate of drug-likeness (QED) is 0.399. The molecule has 0 rings (SSSR count).